The lowest BCUT2D eigenvalue weighted by Gasteiger charge is -2.03. The molecule has 0 bridgehead atoms. The normalized spacial score (nSPS) is 12.6. The summed E-state index contributed by atoms with van der Waals surface area (Å²) in [6, 6.07) is 12.7. The van der Waals surface area contributed by atoms with Gasteiger partial charge >= 0.3 is 0 Å². The minimum atomic E-state index is -3.78. The van der Waals surface area contributed by atoms with E-state index in [0.29, 0.717) is 11.3 Å². The molecule has 0 aliphatic carbocycles. The van der Waals surface area contributed by atoms with Crippen LogP contribution in [0.15, 0.2) is 57.2 Å². The Kier molecular flexibility index (Phi) is 6.39. The SMILES string of the molecule is CCCn1c(=NC(=O)CSc2ccc(C)cc2)sc2cc(S(N)(=O)=O)ccc21. The van der Waals surface area contributed by atoms with Gasteiger partial charge in [0.2, 0.25) is 10.0 Å². The maximum absolute atomic E-state index is 12.4. The maximum atomic E-state index is 12.4. The van der Waals surface area contributed by atoms with Gasteiger partial charge in [-0.1, -0.05) is 36.0 Å². The maximum Gasteiger partial charge on any atom is 0.258 e. The van der Waals surface area contributed by atoms with Crippen molar-refractivity contribution in [1.29, 1.82) is 0 Å². The lowest BCUT2D eigenvalue weighted by Crippen LogP contribution is -2.17. The van der Waals surface area contributed by atoms with Crippen LogP contribution in [-0.4, -0.2) is 24.6 Å². The van der Waals surface area contributed by atoms with Crippen LogP contribution < -0.4 is 9.94 Å². The average Bonchev–Trinajstić information content (AvgIpc) is 2.97. The number of rotatable bonds is 6. The van der Waals surface area contributed by atoms with Crippen molar-refractivity contribution >= 4 is 49.2 Å². The van der Waals surface area contributed by atoms with Gasteiger partial charge in [-0.05, 0) is 43.7 Å². The molecule has 0 fully saturated rings. The van der Waals surface area contributed by atoms with Crippen molar-refractivity contribution in [3.63, 3.8) is 0 Å². The molecule has 1 aromatic heterocycles. The number of nitrogens with two attached hydrogens (primary N) is 1. The number of nitrogens with zero attached hydrogens (tertiary/aromatic N) is 2. The number of carbonyl (C=O) groups excluding carboxylic acids is 1. The molecule has 9 heteroatoms. The summed E-state index contributed by atoms with van der Waals surface area (Å²) in [6.07, 6.45) is 0.863. The molecule has 0 spiro atoms. The van der Waals surface area contributed by atoms with Crippen LogP contribution in [0.25, 0.3) is 10.2 Å². The minimum Gasteiger partial charge on any atom is -0.316 e. The Morgan fingerprint density at radius 2 is 1.93 bits per heavy atom. The van der Waals surface area contributed by atoms with Crippen LogP contribution in [0.4, 0.5) is 0 Å². The molecular weight excluding hydrogens is 414 g/mol. The summed E-state index contributed by atoms with van der Waals surface area (Å²) in [5.74, 6) is 0.0138. The third kappa shape index (κ3) is 4.91. The van der Waals surface area contributed by atoms with Crippen LogP contribution in [0.1, 0.15) is 18.9 Å². The van der Waals surface area contributed by atoms with E-state index in [9.17, 15) is 13.2 Å². The molecule has 0 aliphatic heterocycles. The molecule has 6 nitrogen and oxygen atoms in total. The third-order valence-electron chi connectivity index (χ3n) is 4.03. The molecule has 2 aromatic carbocycles. The first-order valence-corrected chi connectivity index (χ1v) is 12.1. The van der Waals surface area contributed by atoms with E-state index in [4.69, 9.17) is 5.14 Å². The summed E-state index contributed by atoms with van der Waals surface area (Å²) < 4.78 is 25.9. The summed E-state index contributed by atoms with van der Waals surface area (Å²) in [5, 5.41) is 5.23. The van der Waals surface area contributed by atoms with Crippen LogP contribution in [0, 0.1) is 6.92 Å². The van der Waals surface area contributed by atoms with E-state index in [1.807, 2.05) is 42.7 Å². The Balaban J connectivity index is 1.92. The predicted octanol–water partition coefficient (Wildman–Crippen LogP) is 3.29. The average molecular weight is 436 g/mol. The van der Waals surface area contributed by atoms with E-state index in [1.54, 1.807) is 6.07 Å². The van der Waals surface area contributed by atoms with Crippen LogP contribution in [0.3, 0.4) is 0 Å². The topological polar surface area (TPSA) is 94.5 Å². The van der Waals surface area contributed by atoms with E-state index < -0.39 is 10.0 Å². The zero-order chi connectivity index (χ0) is 20.3. The molecule has 148 valence electrons. The molecule has 0 saturated heterocycles. The lowest BCUT2D eigenvalue weighted by molar-refractivity contribution is -0.115. The molecule has 0 aliphatic rings. The van der Waals surface area contributed by atoms with Gasteiger partial charge in [0, 0.05) is 11.4 Å². The van der Waals surface area contributed by atoms with E-state index in [1.165, 1.54) is 40.8 Å². The summed E-state index contributed by atoms with van der Waals surface area (Å²) in [5.41, 5.74) is 2.02. The van der Waals surface area contributed by atoms with Crippen molar-refractivity contribution in [2.45, 2.75) is 36.6 Å². The highest BCUT2D eigenvalue weighted by Crippen LogP contribution is 2.22. The first-order chi connectivity index (χ1) is 13.3. The van der Waals surface area contributed by atoms with Gasteiger partial charge in [-0.15, -0.1) is 11.8 Å². The first kappa shape index (κ1) is 20.8. The molecule has 1 heterocycles. The van der Waals surface area contributed by atoms with Crippen molar-refractivity contribution in [2.24, 2.45) is 10.1 Å². The molecule has 3 aromatic rings. The van der Waals surface area contributed by atoms with Crippen molar-refractivity contribution in [3.05, 3.63) is 52.8 Å². The van der Waals surface area contributed by atoms with Crippen molar-refractivity contribution in [2.75, 3.05) is 5.75 Å². The fourth-order valence-corrected chi connectivity index (χ4v) is 5.08. The van der Waals surface area contributed by atoms with E-state index in [2.05, 4.69) is 4.99 Å². The molecule has 0 saturated carbocycles. The van der Waals surface area contributed by atoms with E-state index >= 15 is 0 Å². The largest absolute Gasteiger partial charge is 0.316 e. The predicted molar refractivity (Wildman–Crippen MR) is 114 cm³/mol. The van der Waals surface area contributed by atoms with Gasteiger partial charge in [0.1, 0.15) is 0 Å². The highest BCUT2D eigenvalue weighted by atomic mass is 32.2. The number of amides is 1. The smallest absolute Gasteiger partial charge is 0.258 e. The minimum absolute atomic E-state index is 0.0534. The number of aromatic nitrogens is 1. The Hall–Kier alpha value is -1.94. The number of benzene rings is 2. The van der Waals surface area contributed by atoms with Gasteiger partial charge in [0.25, 0.3) is 5.91 Å². The second-order valence-electron chi connectivity index (χ2n) is 6.32. The Morgan fingerprint density at radius 1 is 1.21 bits per heavy atom. The van der Waals surface area contributed by atoms with E-state index in [-0.39, 0.29) is 16.6 Å². The number of aryl methyl sites for hydroxylation is 2. The number of thioether (sulfide) groups is 1. The molecule has 2 N–H and O–H groups in total. The van der Waals surface area contributed by atoms with Crippen LogP contribution in [0.2, 0.25) is 0 Å². The highest BCUT2D eigenvalue weighted by molar-refractivity contribution is 8.00. The van der Waals surface area contributed by atoms with Gasteiger partial charge in [0.05, 0.1) is 20.9 Å². The zero-order valence-corrected chi connectivity index (χ0v) is 18.0. The highest BCUT2D eigenvalue weighted by Gasteiger charge is 2.13. The Morgan fingerprint density at radius 3 is 2.57 bits per heavy atom. The fourth-order valence-electron chi connectivity index (χ4n) is 2.67. The monoisotopic (exact) mass is 435 g/mol. The number of carbonyl (C=O) groups is 1. The number of hydrogen-bond acceptors (Lipinski definition) is 5. The standard InChI is InChI=1S/C19H21N3O3S3/c1-3-10-22-16-9-8-15(28(20,24)25)11-17(16)27-19(22)21-18(23)12-26-14-6-4-13(2)5-7-14/h4-9,11H,3,10,12H2,1-2H3,(H2,20,24,25). The van der Waals surface area contributed by atoms with Crippen molar-refractivity contribution < 1.29 is 13.2 Å². The van der Waals surface area contributed by atoms with Gasteiger partial charge in [0.15, 0.2) is 4.80 Å². The molecular formula is C19H21N3O3S3. The summed E-state index contributed by atoms with van der Waals surface area (Å²) >= 11 is 2.74. The molecule has 28 heavy (non-hydrogen) atoms. The lowest BCUT2D eigenvalue weighted by atomic mass is 10.2. The summed E-state index contributed by atoms with van der Waals surface area (Å²) in [6.45, 7) is 4.74. The zero-order valence-electron chi connectivity index (χ0n) is 15.6. The number of primary sulfonamides is 1. The molecule has 1 amide bonds. The fraction of sp³-hybridized carbons (Fsp3) is 0.263. The number of fused-ring (bicyclic) bond motifs is 1. The van der Waals surface area contributed by atoms with Crippen LogP contribution in [-0.2, 0) is 21.4 Å². The van der Waals surface area contributed by atoms with Gasteiger partial charge < -0.3 is 4.57 Å². The van der Waals surface area contributed by atoms with Crippen LogP contribution in [0.5, 0.6) is 0 Å². The summed E-state index contributed by atoms with van der Waals surface area (Å²) in [4.78, 5) is 18.3. The van der Waals surface area contributed by atoms with Crippen LogP contribution >= 0.6 is 23.1 Å². The quantitative estimate of drug-likeness (QED) is 0.601. The Labute approximate surface area is 172 Å². The van der Waals surface area contributed by atoms with Gasteiger partial charge in [-0.25, -0.2) is 13.6 Å². The second-order valence-corrected chi connectivity index (χ2v) is 9.94. The van der Waals surface area contributed by atoms with Gasteiger partial charge in [-0.2, -0.15) is 4.99 Å². The number of sulfonamides is 1. The molecule has 0 atom stereocenters. The van der Waals surface area contributed by atoms with E-state index in [0.717, 1.165) is 21.5 Å². The van der Waals surface area contributed by atoms with Crippen molar-refractivity contribution in [3.8, 4) is 0 Å². The number of hydrogen-bond donors (Lipinski definition) is 1. The molecule has 3 rings (SSSR count). The first-order valence-electron chi connectivity index (χ1n) is 8.71. The van der Waals surface area contributed by atoms with Gasteiger partial charge in [-0.3, -0.25) is 4.79 Å². The summed E-state index contributed by atoms with van der Waals surface area (Å²) in [7, 11) is -3.78. The Bertz CT molecular complexity index is 1180. The number of thiazole rings is 1. The molecule has 0 unspecified atom stereocenters. The second kappa shape index (κ2) is 8.60. The molecule has 0 radical (unpaired) electrons. The van der Waals surface area contributed by atoms with Crippen molar-refractivity contribution in [1.82, 2.24) is 4.57 Å². The third-order valence-corrected chi connectivity index (χ3v) is 6.98.